The van der Waals surface area contributed by atoms with Gasteiger partial charge in [0.05, 0.1) is 12.3 Å². The van der Waals surface area contributed by atoms with Crippen LogP contribution in [0.4, 0.5) is 0 Å². The summed E-state index contributed by atoms with van der Waals surface area (Å²) in [5.74, 6) is 0.410. The summed E-state index contributed by atoms with van der Waals surface area (Å²) < 4.78 is 0. The highest BCUT2D eigenvalue weighted by molar-refractivity contribution is 6.30. The lowest BCUT2D eigenvalue weighted by atomic mass is 9.84. The molecular formula is C18H21ClN2O2. The summed E-state index contributed by atoms with van der Waals surface area (Å²) in [7, 11) is 0. The largest absolute Gasteiger partial charge is 0.390 e. The van der Waals surface area contributed by atoms with E-state index in [1.165, 1.54) is 0 Å². The number of hydrogen-bond donors (Lipinski definition) is 0. The SMILES string of the molecule is C=CCN(C[C@H]1CC(c2ccc(Cl)cc2)=NO1)C(=O)C1CCC1. The minimum absolute atomic E-state index is 0.0929. The van der Waals surface area contributed by atoms with Gasteiger partial charge in [-0.05, 0) is 30.5 Å². The van der Waals surface area contributed by atoms with E-state index in [9.17, 15) is 4.79 Å². The molecule has 23 heavy (non-hydrogen) atoms. The highest BCUT2D eigenvalue weighted by Crippen LogP contribution is 2.29. The van der Waals surface area contributed by atoms with E-state index in [4.69, 9.17) is 16.4 Å². The number of benzene rings is 1. The lowest BCUT2D eigenvalue weighted by Crippen LogP contribution is -2.43. The van der Waals surface area contributed by atoms with Crippen LogP contribution in [0.25, 0.3) is 0 Å². The van der Waals surface area contributed by atoms with Crippen molar-refractivity contribution in [2.45, 2.75) is 31.8 Å². The van der Waals surface area contributed by atoms with Crippen molar-refractivity contribution in [3.63, 3.8) is 0 Å². The number of nitrogens with zero attached hydrogens (tertiary/aromatic N) is 2. The highest BCUT2D eigenvalue weighted by Gasteiger charge is 2.32. The molecule has 0 unspecified atom stereocenters. The van der Waals surface area contributed by atoms with Crippen LogP contribution < -0.4 is 0 Å². The molecule has 0 N–H and O–H groups in total. The summed E-state index contributed by atoms with van der Waals surface area (Å²) in [4.78, 5) is 19.8. The van der Waals surface area contributed by atoms with Gasteiger partial charge in [-0.15, -0.1) is 6.58 Å². The third-order valence-electron chi connectivity index (χ3n) is 4.45. The Morgan fingerprint density at radius 3 is 2.74 bits per heavy atom. The van der Waals surface area contributed by atoms with E-state index < -0.39 is 0 Å². The van der Waals surface area contributed by atoms with Crippen LogP contribution in [-0.4, -0.2) is 35.7 Å². The van der Waals surface area contributed by atoms with Gasteiger partial charge in [0.25, 0.3) is 0 Å². The Kier molecular flexibility index (Phi) is 5.01. The van der Waals surface area contributed by atoms with Crippen molar-refractivity contribution in [3.05, 3.63) is 47.5 Å². The van der Waals surface area contributed by atoms with Crippen molar-refractivity contribution in [2.75, 3.05) is 13.1 Å². The molecule has 0 radical (unpaired) electrons. The minimum Gasteiger partial charge on any atom is -0.390 e. The van der Waals surface area contributed by atoms with E-state index in [2.05, 4.69) is 11.7 Å². The van der Waals surface area contributed by atoms with Gasteiger partial charge in [-0.2, -0.15) is 0 Å². The molecule has 1 fully saturated rings. The molecule has 1 saturated carbocycles. The quantitative estimate of drug-likeness (QED) is 0.746. The molecule has 1 atom stereocenters. The Bertz CT molecular complexity index is 608. The monoisotopic (exact) mass is 332 g/mol. The molecule has 0 spiro atoms. The first-order chi connectivity index (χ1) is 11.2. The van der Waals surface area contributed by atoms with Gasteiger partial charge in [0, 0.05) is 23.9 Å². The zero-order valence-electron chi connectivity index (χ0n) is 13.1. The molecule has 1 amide bonds. The van der Waals surface area contributed by atoms with Crippen molar-refractivity contribution in [1.82, 2.24) is 4.90 Å². The Labute approximate surface area is 141 Å². The van der Waals surface area contributed by atoms with Crippen LogP contribution in [-0.2, 0) is 9.63 Å². The molecule has 1 aliphatic heterocycles. The molecule has 0 bridgehead atoms. The van der Waals surface area contributed by atoms with Crippen molar-refractivity contribution in [1.29, 1.82) is 0 Å². The van der Waals surface area contributed by atoms with E-state index in [0.717, 1.165) is 30.5 Å². The topological polar surface area (TPSA) is 41.9 Å². The van der Waals surface area contributed by atoms with Crippen LogP contribution in [0.5, 0.6) is 0 Å². The van der Waals surface area contributed by atoms with Gasteiger partial charge in [0.1, 0.15) is 0 Å². The molecular weight excluding hydrogens is 312 g/mol. The Balaban J connectivity index is 1.59. The molecule has 0 saturated heterocycles. The first kappa shape index (κ1) is 16.1. The first-order valence-corrected chi connectivity index (χ1v) is 8.43. The second-order valence-electron chi connectivity index (χ2n) is 6.14. The molecule has 122 valence electrons. The highest BCUT2D eigenvalue weighted by atomic mass is 35.5. The summed E-state index contributed by atoms with van der Waals surface area (Å²) >= 11 is 5.91. The van der Waals surface area contributed by atoms with E-state index in [0.29, 0.717) is 24.5 Å². The standard InChI is InChI=1S/C18H21ClN2O2/c1-2-10-21(18(22)14-4-3-5-14)12-16-11-17(20-23-16)13-6-8-15(19)9-7-13/h2,6-9,14,16H,1,3-5,10-12H2/t16-/m1/s1. The van der Waals surface area contributed by atoms with Gasteiger partial charge in [0.15, 0.2) is 6.10 Å². The fourth-order valence-corrected chi connectivity index (χ4v) is 3.03. The average molecular weight is 333 g/mol. The number of hydrogen-bond acceptors (Lipinski definition) is 3. The molecule has 0 aromatic heterocycles. The smallest absolute Gasteiger partial charge is 0.226 e. The van der Waals surface area contributed by atoms with Crippen LogP contribution in [0.3, 0.4) is 0 Å². The third-order valence-corrected chi connectivity index (χ3v) is 4.70. The van der Waals surface area contributed by atoms with E-state index in [-0.39, 0.29) is 17.9 Å². The van der Waals surface area contributed by atoms with Crippen molar-refractivity contribution < 1.29 is 9.63 Å². The predicted octanol–water partition coefficient (Wildman–Crippen LogP) is 3.65. The van der Waals surface area contributed by atoms with E-state index in [1.807, 2.05) is 29.2 Å². The van der Waals surface area contributed by atoms with Gasteiger partial charge < -0.3 is 9.74 Å². The van der Waals surface area contributed by atoms with E-state index in [1.54, 1.807) is 6.08 Å². The summed E-state index contributed by atoms with van der Waals surface area (Å²) in [6, 6.07) is 7.57. The summed E-state index contributed by atoms with van der Waals surface area (Å²) in [5.41, 5.74) is 1.92. The Hall–Kier alpha value is -1.81. The summed E-state index contributed by atoms with van der Waals surface area (Å²) in [6.45, 7) is 4.87. The fourth-order valence-electron chi connectivity index (χ4n) is 2.91. The molecule has 1 heterocycles. The Morgan fingerprint density at radius 2 is 2.13 bits per heavy atom. The number of rotatable bonds is 6. The summed E-state index contributed by atoms with van der Waals surface area (Å²) in [5, 5.41) is 4.88. The zero-order valence-corrected chi connectivity index (χ0v) is 13.8. The maximum absolute atomic E-state index is 12.5. The van der Waals surface area contributed by atoms with Gasteiger partial charge in [-0.25, -0.2) is 0 Å². The molecule has 1 aromatic rings. The van der Waals surface area contributed by atoms with Crippen LogP contribution in [0.2, 0.25) is 5.02 Å². The molecule has 3 rings (SSSR count). The Morgan fingerprint density at radius 1 is 1.39 bits per heavy atom. The van der Waals surface area contributed by atoms with Crippen molar-refractivity contribution in [3.8, 4) is 0 Å². The number of oxime groups is 1. The zero-order chi connectivity index (χ0) is 16.2. The first-order valence-electron chi connectivity index (χ1n) is 8.05. The number of carbonyl (C=O) groups excluding carboxylic acids is 1. The molecule has 1 aliphatic carbocycles. The van der Waals surface area contributed by atoms with Gasteiger partial charge in [0.2, 0.25) is 5.91 Å². The second kappa shape index (κ2) is 7.18. The number of amides is 1. The van der Waals surface area contributed by atoms with Gasteiger partial charge >= 0.3 is 0 Å². The maximum atomic E-state index is 12.5. The maximum Gasteiger partial charge on any atom is 0.226 e. The van der Waals surface area contributed by atoms with Gasteiger partial charge in [-0.3, -0.25) is 4.79 Å². The molecule has 1 aromatic carbocycles. The van der Waals surface area contributed by atoms with Gasteiger partial charge in [-0.1, -0.05) is 41.4 Å². The molecule has 2 aliphatic rings. The summed E-state index contributed by atoms with van der Waals surface area (Å²) in [6.07, 6.45) is 5.54. The predicted molar refractivity (Wildman–Crippen MR) is 91.6 cm³/mol. The number of carbonyl (C=O) groups is 1. The molecule has 5 heteroatoms. The third kappa shape index (κ3) is 3.75. The minimum atomic E-state index is -0.0929. The molecule has 4 nitrogen and oxygen atoms in total. The van der Waals surface area contributed by atoms with Crippen molar-refractivity contribution >= 4 is 23.2 Å². The van der Waals surface area contributed by atoms with Crippen LogP contribution in [0.1, 0.15) is 31.2 Å². The van der Waals surface area contributed by atoms with Crippen molar-refractivity contribution in [2.24, 2.45) is 11.1 Å². The fraction of sp³-hybridized carbons (Fsp3) is 0.444. The second-order valence-corrected chi connectivity index (χ2v) is 6.57. The van der Waals surface area contributed by atoms with Crippen LogP contribution >= 0.6 is 11.6 Å². The lowest BCUT2D eigenvalue weighted by molar-refractivity contribution is -0.139. The van der Waals surface area contributed by atoms with Crippen LogP contribution in [0, 0.1) is 5.92 Å². The van der Waals surface area contributed by atoms with E-state index >= 15 is 0 Å². The lowest BCUT2D eigenvalue weighted by Gasteiger charge is -2.32. The number of halogens is 1. The van der Waals surface area contributed by atoms with Crippen LogP contribution in [0.15, 0.2) is 42.1 Å². The normalized spacial score (nSPS) is 20.4. The average Bonchev–Trinajstić information content (AvgIpc) is 2.94.